The van der Waals surface area contributed by atoms with Crippen molar-refractivity contribution in [1.29, 1.82) is 0 Å². The van der Waals surface area contributed by atoms with Gasteiger partial charge in [0, 0.05) is 42.5 Å². The standard InChI is InChI=1S/C15H19N3O2/c1-16-8-13-6-12(16)9-17(13)11-4-5-15(18(19)20)14(7-11)10-2-3-10/h4-5,7,10,12-13H,2-3,6,8-9H2,1H3/t12-,13-/m0/s1. The highest BCUT2D eigenvalue weighted by molar-refractivity contribution is 5.59. The van der Waals surface area contributed by atoms with Gasteiger partial charge in [0.25, 0.3) is 5.69 Å². The van der Waals surface area contributed by atoms with Gasteiger partial charge in [0.05, 0.1) is 4.92 Å². The third kappa shape index (κ3) is 1.80. The lowest BCUT2D eigenvalue weighted by molar-refractivity contribution is -0.385. The molecule has 0 unspecified atom stereocenters. The first-order valence-corrected chi connectivity index (χ1v) is 7.38. The molecule has 2 saturated heterocycles. The topological polar surface area (TPSA) is 49.6 Å². The summed E-state index contributed by atoms with van der Waals surface area (Å²) >= 11 is 0. The fourth-order valence-corrected chi connectivity index (χ4v) is 3.79. The molecule has 2 aliphatic heterocycles. The molecule has 2 atom stereocenters. The van der Waals surface area contributed by atoms with Crippen LogP contribution in [0.25, 0.3) is 0 Å². The number of likely N-dealkylation sites (N-methyl/N-ethyl adjacent to an activating group) is 1. The lowest BCUT2D eigenvalue weighted by Gasteiger charge is -2.33. The Morgan fingerprint density at radius 1 is 1.25 bits per heavy atom. The molecule has 0 spiro atoms. The third-order valence-electron chi connectivity index (χ3n) is 5.07. The summed E-state index contributed by atoms with van der Waals surface area (Å²) in [7, 11) is 2.19. The maximum Gasteiger partial charge on any atom is 0.273 e. The smallest absolute Gasteiger partial charge is 0.273 e. The molecule has 3 aliphatic rings. The van der Waals surface area contributed by atoms with Crippen molar-refractivity contribution >= 4 is 11.4 Å². The van der Waals surface area contributed by atoms with Gasteiger partial charge in [-0.1, -0.05) is 0 Å². The van der Waals surface area contributed by atoms with Gasteiger partial charge in [-0.05, 0) is 44.4 Å². The van der Waals surface area contributed by atoms with Crippen molar-refractivity contribution in [3.8, 4) is 0 Å². The van der Waals surface area contributed by atoms with Gasteiger partial charge in [-0.2, -0.15) is 0 Å². The van der Waals surface area contributed by atoms with Crippen molar-refractivity contribution in [2.24, 2.45) is 0 Å². The first-order valence-electron chi connectivity index (χ1n) is 7.38. The number of piperazine rings is 1. The van der Waals surface area contributed by atoms with E-state index in [4.69, 9.17) is 0 Å². The van der Waals surface area contributed by atoms with E-state index < -0.39 is 0 Å². The van der Waals surface area contributed by atoms with Crippen LogP contribution < -0.4 is 4.90 Å². The van der Waals surface area contributed by atoms with Crippen LogP contribution in [0.2, 0.25) is 0 Å². The zero-order valence-electron chi connectivity index (χ0n) is 11.7. The van der Waals surface area contributed by atoms with Crippen LogP contribution in [-0.2, 0) is 0 Å². The van der Waals surface area contributed by atoms with Gasteiger partial charge in [-0.15, -0.1) is 0 Å². The zero-order chi connectivity index (χ0) is 13.9. The number of nitro groups is 1. The van der Waals surface area contributed by atoms with Gasteiger partial charge >= 0.3 is 0 Å². The predicted octanol–water partition coefficient (Wildman–Crippen LogP) is 2.36. The van der Waals surface area contributed by atoms with Crippen LogP contribution in [0.15, 0.2) is 18.2 Å². The van der Waals surface area contributed by atoms with Gasteiger partial charge in [0.15, 0.2) is 0 Å². The molecule has 2 bridgehead atoms. The number of hydrogen-bond donors (Lipinski definition) is 0. The van der Waals surface area contributed by atoms with Crippen molar-refractivity contribution < 1.29 is 4.92 Å². The van der Waals surface area contributed by atoms with E-state index in [1.54, 1.807) is 6.07 Å². The molecular formula is C15H19N3O2. The molecule has 5 nitrogen and oxygen atoms in total. The monoisotopic (exact) mass is 273 g/mol. The zero-order valence-corrected chi connectivity index (χ0v) is 11.7. The fraction of sp³-hybridized carbons (Fsp3) is 0.600. The maximum atomic E-state index is 11.1. The van der Waals surface area contributed by atoms with Gasteiger partial charge in [-0.3, -0.25) is 15.0 Å². The first-order chi connectivity index (χ1) is 9.63. The second-order valence-electron chi connectivity index (χ2n) is 6.41. The molecule has 0 amide bonds. The minimum Gasteiger partial charge on any atom is -0.366 e. The van der Waals surface area contributed by atoms with E-state index in [1.165, 1.54) is 12.1 Å². The molecule has 4 rings (SSSR count). The van der Waals surface area contributed by atoms with E-state index in [1.807, 2.05) is 6.07 Å². The number of hydrogen-bond acceptors (Lipinski definition) is 4. The molecule has 2 heterocycles. The number of benzene rings is 1. The van der Waals surface area contributed by atoms with Gasteiger partial charge in [-0.25, -0.2) is 0 Å². The number of rotatable bonds is 3. The van der Waals surface area contributed by atoms with E-state index in [-0.39, 0.29) is 4.92 Å². The van der Waals surface area contributed by atoms with Gasteiger partial charge in [0.1, 0.15) is 0 Å². The molecular weight excluding hydrogens is 254 g/mol. The van der Waals surface area contributed by atoms with E-state index in [0.29, 0.717) is 23.7 Å². The molecule has 5 heteroatoms. The quantitative estimate of drug-likeness (QED) is 0.626. The van der Waals surface area contributed by atoms with Crippen LogP contribution in [0.3, 0.4) is 0 Å². The van der Waals surface area contributed by atoms with E-state index in [2.05, 4.69) is 22.9 Å². The molecule has 0 aromatic heterocycles. The van der Waals surface area contributed by atoms with E-state index in [9.17, 15) is 10.1 Å². The number of nitro benzene ring substituents is 1. The van der Waals surface area contributed by atoms with Crippen LogP contribution >= 0.6 is 0 Å². The summed E-state index contributed by atoms with van der Waals surface area (Å²) in [5, 5.41) is 11.1. The highest BCUT2D eigenvalue weighted by Gasteiger charge is 2.42. The molecule has 20 heavy (non-hydrogen) atoms. The second kappa shape index (κ2) is 4.19. The summed E-state index contributed by atoms with van der Waals surface area (Å²) in [6.07, 6.45) is 3.42. The predicted molar refractivity (Wildman–Crippen MR) is 77.2 cm³/mol. The van der Waals surface area contributed by atoms with Crippen molar-refractivity contribution in [2.45, 2.75) is 37.3 Å². The summed E-state index contributed by atoms with van der Waals surface area (Å²) in [5.74, 6) is 0.415. The molecule has 1 aromatic carbocycles. The first kappa shape index (κ1) is 12.1. The third-order valence-corrected chi connectivity index (χ3v) is 5.07. The van der Waals surface area contributed by atoms with Crippen molar-refractivity contribution in [1.82, 2.24) is 4.90 Å². The van der Waals surface area contributed by atoms with Gasteiger partial charge < -0.3 is 4.90 Å². The molecule has 1 aromatic rings. The Bertz CT molecular complexity index is 568. The molecule has 3 fully saturated rings. The number of likely N-dealkylation sites (tertiary alicyclic amines) is 1. The normalized spacial score (nSPS) is 29.1. The lowest BCUT2D eigenvalue weighted by atomic mass is 10.1. The lowest BCUT2D eigenvalue weighted by Crippen LogP contribution is -2.44. The minimum absolute atomic E-state index is 0.235. The highest BCUT2D eigenvalue weighted by atomic mass is 16.6. The molecule has 106 valence electrons. The van der Waals surface area contributed by atoms with Gasteiger partial charge in [0.2, 0.25) is 0 Å². The SMILES string of the molecule is CN1C[C@@H]2C[C@H]1CN2c1ccc([N+](=O)[O-])c(C2CC2)c1. The van der Waals surface area contributed by atoms with E-state index >= 15 is 0 Å². The Labute approximate surface area is 118 Å². The average molecular weight is 273 g/mol. The van der Waals surface area contributed by atoms with Crippen molar-refractivity contribution in [3.63, 3.8) is 0 Å². The van der Waals surface area contributed by atoms with Crippen LogP contribution in [-0.4, -0.2) is 42.0 Å². The Morgan fingerprint density at radius 2 is 2.05 bits per heavy atom. The number of fused-ring (bicyclic) bond motifs is 2. The molecule has 0 N–H and O–H groups in total. The Kier molecular flexibility index (Phi) is 2.54. The van der Waals surface area contributed by atoms with Crippen molar-refractivity contribution in [2.75, 3.05) is 25.0 Å². The summed E-state index contributed by atoms with van der Waals surface area (Å²) in [5.41, 5.74) is 2.43. The molecule has 1 saturated carbocycles. The maximum absolute atomic E-state index is 11.1. The number of nitrogens with zero attached hydrogens (tertiary/aromatic N) is 3. The van der Waals surface area contributed by atoms with E-state index in [0.717, 1.165) is 31.5 Å². The Hall–Kier alpha value is -1.62. The summed E-state index contributed by atoms with van der Waals surface area (Å²) < 4.78 is 0. The largest absolute Gasteiger partial charge is 0.366 e. The van der Waals surface area contributed by atoms with Crippen LogP contribution in [0.5, 0.6) is 0 Å². The highest BCUT2D eigenvalue weighted by Crippen LogP contribution is 2.46. The second-order valence-corrected chi connectivity index (χ2v) is 6.41. The van der Waals surface area contributed by atoms with Crippen LogP contribution in [0.4, 0.5) is 11.4 Å². The Morgan fingerprint density at radius 3 is 2.60 bits per heavy atom. The minimum atomic E-state index is -0.235. The fourth-order valence-electron chi connectivity index (χ4n) is 3.79. The molecule has 1 aliphatic carbocycles. The molecule has 0 radical (unpaired) electrons. The van der Waals surface area contributed by atoms with Crippen LogP contribution in [0.1, 0.15) is 30.7 Å². The van der Waals surface area contributed by atoms with Crippen LogP contribution in [0, 0.1) is 10.1 Å². The summed E-state index contributed by atoms with van der Waals surface area (Å²) in [6.45, 7) is 2.17. The van der Waals surface area contributed by atoms with Crippen molar-refractivity contribution in [3.05, 3.63) is 33.9 Å². The summed E-state index contributed by atoms with van der Waals surface area (Å²) in [4.78, 5) is 15.8. The number of anilines is 1. The average Bonchev–Trinajstić information content (AvgIpc) is 3.11. The summed E-state index contributed by atoms with van der Waals surface area (Å²) in [6, 6.07) is 6.96. The Balaban J connectivity index is 1.66.